The summed E-state index contributed by atoms with van der Waals surface area (Å²) < 4.78 is 0. The zero-order valence-corrected chi connectivity index (χ0v) is 11.3. The summed E-state index contributed by atoms with van der Waals surface area (Å²) in [4.78, 5) is 30.7. The Labute approximate surface area is 121 Å². The molecule has 0 aliphatic carbocycles. The Balaban J connectivity index is 2.01. The van der Waals surface area contributed by atoms with Crippen molar-refractivity contribution in [3.63, 3.8) is 0 Å². The third-order valence-electron chi connectivity index (χ3n) is 2.73. The average Bonchev–Trinajstić information content (AvgIpc) is 2.48. The Morgan fingerprint density at radius 2 is 2.10 bits per heavy atom. The zero-order valence-electron chi connectivity index (χ0n) is 11.3. The van der Waals surface area contributed by atoms with Gasteiger partial charge in [0.25, 0.3) is 0 Å². The molecule has 21 heavy (non-hydrogen) atoms. The number of benzene rings is 1. The predicted octanol–water partition coefficient (Wildman–Crippen LogP) is 1.80. The number of aromatic carboxylic acids is 1. The van der Waals surface area contributed by atoms with Crippen molar-refractivity contribution in [1.82, 2.24) is 15.3 Å². The predicted molar refractivity (Wildman–Crippen MR) is 76.0 cm³/mol. The second-order valence-corrected chi connectivity index (χ2v) is 4.36. The first-order valence-corrected chi connectivity index (χ1v) is 6.20. The van der Waals surface area contributed by atoms with Gasteiger partial charge in [0, 0.05) is 6.20 Å². The van der Waals surface area contributed by atoms with Crippen molar-refractivity contribution in [1.29, 1.82) is 0 Å². The van der Waals surface area contributed by atoms with E-state index >= 15 is 0 Å². The summed E-state index contributed by atoms with van der Waals surface area (Å²) in [5.74, 6) is -1.09. The maximum atomic E-state index is 11.8. The number of amides is 2. The summed E-state index contributed by atoms with van der Waals surface area (Å²) in [5, 5.41) is 14.2. The molecule has 0 radical (unpaired) electrons. The highest BCUT2D eigenvalue weighted by Gasteiger charge is 2.12. The Kier molecular flexibility index (Phi) is 4.45. The van der Waals surface area contributed by atoms with Gasteiger partial charge in [0.05, 0.1) is 23.5 Å². The molecule has 0 bridgehead atoms. The fraction of sp³-hybridized carbons (Fsp3) is 0.143. The molecular formula is C14H14N4O3. The van der Waals surface area contributed by atoms with E-state index in [2.05, 4.69) is 20.6 Å². The molecule has 0 unspecified atom stereocenters. The number of urea groups is 1. The molecule has 0 aliphatic heterocycles. The molecule has 2 rings (SSSR count). The summed E-state index contributed by atoms with van der Waals surface area (Å²) in [6.07, 6.45) is 2.96. The van der Waals surface area contributed by atoms with Crippen molar-refractivity contribution in [3.05, 3.63) is 53.6 Å². The lowest BCUT2D eigenvalue weighted by molar-refractivity contribution is 0.0698. The number of hydrogen-bond donors (Lipinski definition) is 3. The van der Waals surface area contributed by atoms with Gasteiger partial charge in [-0.25, -0.2) is 19.6 Å². The summed E-state index contributed by atoms with van der Waals surface area (Å²) >= 11 is 0. The highest BCUT2D eigenvalue weighted by Crippen LogP contribution is 2.17. The summed E-state index contributed by atoms with van der Waals surface area (Å²) in [5.41, 5.74) is 1.75. The molecule has 0 saturated heterocycles. The van der Waals surface area contributed by atoms with Gasteiger partial charge in [-0.2, -0.15) is 0 Å². The number of carboxylic acids is 1. The van der Waals surface area contributed by atoms with Gasteiger partial charge < -0.3 is 15.7 Å². The second-order valence-electron chi connectivity index (χ2n) is 4.36. The van der Waals surface area contributed by atoms with E-state index in [0.717, 1.165) is 5.56 Å². The molecule has 7 heteroatoms. The SMILES string of the molecule is Cc1ccc(NC(=O)NCc2ccncn2)c(C(=O)O)c1. The second kappa shape index (κ2) is 6.47. The summed E-state index contributed by atoms with van der Waals surface area (Å²) in [6, 6.07) is 5.96. The van der Waals surface area contributed by atoms with Crippen LogP contribution >= 0.6 is 0 Å². The van der Waals surface area contributed by atoms with Crippen LogP contribution < -0.4 is 10.6 Å². The fourth-order valence-corrected chi connectivity index (χ4v) is 1.70. The smallest absolute Gasteiger partial charge is 0.337 e. The topological polar surface area (TPSA) is 104 Å². The Morgan fingerprint density at radius 1 is 1.29 bits per heavy atom. The van der Waals surface area contributed by atoms with Crippen LogP contribution in [0.15, 0.2) is 36.8 Å². The van der Waals surface area contributed by atoms with E-state index in [-0.39, 0.29) is 17.8 Å². The largest absolute Gasteiger partial charge is 0.478 e. The Bertz CT molecular complexity index is 659. The van der Waals surface area contributed by atoms with Crippen LogP contribution in [0.5, 0.6) is 0 Å². The van der Waals surface area contributed by atoms with Gasteiger partial charge in [0.15, 0.2) is 0 Å². The molecule has 0 saturated carbocycles. The first-order chi connectivity index (χ1) is 10.1. The molecular weight excluding hydrogens is 272 g/mol. The van der Waals surface area contributed by atoms with Gasteiger partial charge in [-0.05, 0) is 25.1 Å². The molecule has 2 amide bonds. The molecule has 108 valence electrons. The highest BCUT2D eigenvalue weighted by molar-refractivity contribution is 6.00. The molecule has 0 aliphatic rings. The lowest BCUT2D eigenvalue weighted by atomic mass is 10.1. The van der Waals surface area contributed by atoms with Gasteiger partial charge >= 0.3 is 12.0 Å². The molecule has 0 fully saturated rings. The third kappa shape index (κ3) is 4.00. The van der Waals surface area contributed by atoms with Crippen LogP contribution in [0.25, 0.3) is 0 Å². The van der Waals surface area contributed by atoms with Crippen LogP contribution in [0.3, 0.4) is 0 Å². The number of hydrogen-bond acceptors (Lipinski definition) is 4. The molecule has 3 N–H and O–H groups in total. The van der Waals surface area contributed by atoms with Crippen LogP contribution in [0, 0.1) is 6.92 Å². The lowest BCUT2D eigenvalue weighted by Gasteiger charge is -2.10. The normalized spacial score (nSPS) is 9.95. The van der Waals surface area contributed by atoms with Gasteiger partial charge in [0.2, 0.25) is 0 Å². The Hall–Kier alpha value is -2.96. The molecule has 7 nitrogen and oxygen atoms in total. The van der Waals surface area contributed by atoms with Crippen molar-refractivity contribution >= 4 is 17.7 Å². The van der Waals surface area contributed by atoms with Crippen LogP contribution in [0.1, 0.15) is 21.6 Å². The van der Waals surface area contributed by atoms with Crippen molar-refractivity contribution in [3.8, 4) is 0 Å². The van der Waals surface area contributed by atoms with Gasteiger partial charge in [-0.15, -0.1) is 0 Å². The number of nitrogens with one attached hydrogen (secondary N) is 2. The number of rotatable bonds is 4. The number of carbonyl (C=O) groups excluding carboxylic acids is 1. The quantitative estimate of drug-likeness (QED) is 0.795. The number of anilines is 1. The van der Waals surface area contributed by atoms with Crippen molar-refractivity contribution in [2.75, 3.05) is 5.32 Å². The van der Waals surface area contributed by atoms with E-state index < -0.39 is 12.0 Å². The average molecular weight is 286 g/mol. The molecule has 1 aromatic carbocycles. The van der Waals surface area contributed by atoms with E-state index in [1.165, 1.54) is 12.4 Å². The minimum Gasteiger partial charge on any atom is -0.478 e. The standard InChI is InChI=1S/C14H14N4O3/c1-9-2-3-12(11(6-9)13(19)20)18-14(21)16-7-10-4-5-15-8-17-10/h2-6,8H,7H2,1H3,(H,19,20)(H2,16,18,21). The minimum atomic E-state index is -1.09. The van der Waals surface area contributed by atoms with E-state index in [1.807, 2.05) is 0 Å². The molecule has 2 aromatic rings. The van der Waals surface area contributed by atoms with Crippen molar-refractivity contribution in [2.24, 2.45) is 0 Å². The first-order valence-electron chi connectivity index (χ1n) is 6.20. The third-order valence-corrected chi connectivity index (χ3v) is 2.73. The van der Waals surface area contributed by atoms with Gasteiger partial charge in [-0.3, -0.25) is 0 Å². The fourth-order valence-electron chi connectivity index (χ4n) is 1.70. The van der Waals surface area contributed by atoms with Gasteiger partial charge in [0.1, 0.15) is 6.33 Å². The molecule has 0 spiro atoms. The van der Waals surface area contributed by atoms with Crippen molar-refractivity contribution in [2.45, 2.75) is 13.5 Å². The lowest BCUT2D eigenvalue weighted by Crippen LogP contribution is -2.29. The van der Waals surface area contributed by atoms with Crippen LogP contribution in [0.2, 0.25) is 0 Å². The maximum Gasteiger partial charge on any atom is 0.337 e. The number of aromatic nitrogens is 2. The van der Waals surface area contributed by atoms with E-state index in [0.29, 0.717) is 5.69 Å². The molecule has 1 aromatic heterocycles. The Morgan fingerprint density at radius 3 is 2.76 bits per heavy atom. The van der Waals surface area contributed by atoms with E-state index in [9.17, 15) is 9.59 Å². The zero-order chi connectivity index (χ0) is 15.2. The summed E-state index contributed by atoms with van der Waals surface area (Å²) in [7, 11) is 0. The van der Waals surface area contributed by atoms with E-state index in [1.54, 1.807) is 31.3 Å². The monoisotopic (exact) mass is 286 g/mol. The van der Waals surface area contributed by atoms with Crippen LogP contribution in [-0.4, -0.2) is 27.1 Å². The number of nitrogens with zero attached hydrogens (tertiary/aromatic N) is 2. The maximum absolute atomic E-state index is 11.8. The number of aryl methyl sites for hydroxylation is 1. The highest BCUT2D eigenvalue weighted by atomic mass is 16.4. The summed E-state index contributed by atoms with van der Waals surface area (Å²) in [6.45, 7) is 2.01. The molecule has 1 heterocycles. The minimum absolute atomic E-state index is 0.0483. The molecule has 0 atom stereocenters. The van der Waals surface area contributed by atoms with Crippen molar-refractivity contribution < 1.29 is 14.7 Å². The number of carbonyl (C=O) groups is 2. The van der Waals surface area contributed by atoms with E-state index in [4.69, 9.17) is 5.11 Å². The first kappa shape index (κ1) is 14.4. The van der Waals surface area contributed by atoms with Gasteiger partial charge in [-0.1, -0.05) is 11.6 Å². The van der Waals surface area contributed by atoms with Crippen LogP contribution in [0.4, 0.5) is 10.5 Å². The van der Waals surface area contributed by atoms with Crippen LogP contribution in [-0.2, 0) is 6.54 Å². The number of carboxylic acid groups (broad SMARTS) is 1.